The van der Waals surface area contributed by atoms with Crippen LogP contribution in [-0.4, -0.2) is 38.2 Å². The van der Waals surface area contributed by atoms with Gasteiger partial charge in [0.2, 0.25) is 5.76 Å². The fraction of sp³-hybridized carbons (Fsp3) is 0.267. The second kappa shape index (κ2) is 10.4. The summed E-state index contributed by atoms with van der Waals surface area (Å²) >= 11 is 0. The van der Waals surface area contributed by atoms with E-state index in [4.69, 9.17) is 18.6 Å². The molecule has 1 amide bonds. The Kier molecular flexibility index (Phi) is 6.86. The van der Waals surface area contributed by atoms with Crippen LogP contribution in [0.4, 0.5) is 0 Å². The minimum absolute atomic E-state index is 0.104. The van der Waals surface area contributed by atoms with Gasteiger partial charge in [-0.15, -0.1) is 0 Å². The van der Waals surface area contributed by atoms with Crippen LogP contribution >= 0.6 is 0 Å². The predicted octanol–water partition coefficient (Wildman–Crippen LogP) is 5.39. The van der Waals surface area contributed by atoms with E-state index in [0.717, 1.165) is 23.3 Å². The molecule has 0 N–H and O–H groups in total. The zero-order chi connectivity index (χ0) is 25.9. The molecule has 0 bridgehead atoms. The van der Waals surface area contributed by atoms with Gasteiger partial charge < -0.3 is 23.5 Å². The molecule has 1 aliphatic rings. The fourth-order valence-corrected chi connectivity index (χ4v) is 4.80. The number of carbonyl (C=O) groups is 1. The van der Waals surface area contributed by atoms with Gasteiger partial charge in [-0.25, -0.2) is 0 Å². The smallest absolute Gasteiger partial charge is 0.290 e. The van der Waals surface area contributed by atoms with Crippen molar-refractivity contribution in [3.05, 3.63) is 99.4 Å². The summed E-state index contributed by atoms with van der Waals surface area (Å²) in [5.41, 5.74) is 2.40. The molecular weight excluding hydrogens is 470 g/mol. The third-order valence-electron chi connectivity index (χ3n) is 6.63. The highest BCUT2D eigenvalue weighted by molar-refractivity contribution is 5.99. The molecule has 0 aliphatic carbocycles. The molecule has 5 rings (SSSR count). The first-order chi connectivity index (χ1) is 18.0. The van der Waals surface area contributed by atoms with Crippen molar-refractivity contribution in [2.75, 3.05) is 27.4 Å². The lowest BCUT2D eigenvalue weighted by Crippen LogP contribution is -2.31. The van der Waals surface area contributed by atoms with Gasteiger partial charge in [-0.1, -0.05) is 37.3 Å². The maximum atomic E-state index is 13.7. The van der Waals surface area contributed by atoms with Crippen molar-refractivity contribution in [2.45, 2.75) is 25.8 Å². The number of rotatable bonds is 9. The van der Waals surface area contributed by atoms with Gasteiger partial charge in [0.1, 0.15) is 11.3 Å². The summed E-state index contributed by atoms with van der Waals surface area (Å²) in [6.45, 7) is 3.06. The summed E-state index contributed by atoms with van der Waals surface area (Å²) in [4.78, 5) is 29.0. The number of nitrogens with zero attached hydrogens (tertiary/aromatic N) is 1. The highest BCUT2D eigenvalue weighted by Gasteiger charge is 2.42. The molecule has 1 atom stereocenters. The number of hydrogen-bond donors (Lipinski definition) is 0. The molecule has 1 unspecified atom stereocenters. The quantitative estimate of drug-likeness (QED) is 0.307. The Morgan fingerprint density at radius 2 is 1.68 bits per heavy atom. The molecule has 0 fully saturated rings. The van der Waals surface area contributed by atoms with Crippen LogP contribution in [-0.2, 0) is 6.42 Å². The molecule has 190 valence electrons. The molecule has 4 aromatic rings. The molecule has 1 aliphatic heterocycles. The zero-order valence-electron chi connectivity index (χ0n) is 21.2. The van der Waals surface area contributed by atoms with Crippen LogP contribution in [0.2, 0.25) is 0 Å². The van der Waals surface area contributed by atoms with E-state index in [-0.39, 0.29) is 17.1 Å². The predicted molar refractivity (Wildman–Crippen MR) is 141 cm³/mol. The van der Waals surface area contributed by atoms with Gasteiger partial charge in [-0.2, -0.15) is 0 Å². The Morgan fingerprint density at radius 1 is 0.919 bits per heavy atom. The van der Waals surface area contributed by atoms with E-state index in [1.54, 1.807) is 43.4 Å². The first kappa shape index (κ1) is 24.4. The highest BCUT2D eigenvalue weighted by Crippen LogP contribution is 2.39. The Morgan fingerprint density at radius 3 is 2.41 bits per heavy atom. The van der Waals surface area contributed by atoms with Crippen LogP contribution in [0.15, 0.2) is 75.9 Å². The Bertz CT molecular complexity index is 1490. The van der Waals surface area contributed by atoms with Crippen LogP contribution in [0.1, 0.15) is 46.6 Å². The number of ether oxygens (including phenoxy) is 3. The number of carbonyl (C=O) groups excluding carboxylic acids is 1. The van der Waals surface area contributed by atoms with Gasteiger partial charge in [0.05, 0.1) is 37.8 Å². The monoisotopic (exact) mass is 499 g/mol. The third-order valence-corrected chi connectivity index (χ3v) is 6.63. The lowest BCUT2D eigenvalue weighted by atomic mass is 9.98. The van der Waals surface area contributed by atoms with E-state index in [1.165, 1.54) is 0 Å². The number of hydrogen-bond acceptors (Lipinski definition) is 6. The van der Waals surface area contributed by atoms with Crippen LogP contribution in [0.5, 0.6) is 17.2 Å². The first-order valence-corrected chi connectivity index (χ1v) is 12.4. The zero-order valence-corrected chi connectivity index (χ0v) is 21.2. The van der Waals surface area contributed by atoms with Crippen LogP contribution < -0.4 is 19.6 Å². The molecule has 0 spiro atoms. The molecule has 7 nitrogen and oxygen atoms in total. The minimum Gasteiger partial charge on any atom is -0.494 e. The summed E-state index contributed by atoms with van der Waals surface area (Å²) in [6.07, 6.45) is 1.46. The summed E-state index contributed by atoms with van der Waals surface area (Å²) in [7, 11) is 3.18. The van der Waals surface area contributed by atoms with Gasteiger partial charge in [0.15, 0.2) is 16.9 Å². The summed E-state index contributed by atoms with van der Waals surface area (Å²) in [5, 5.41) is 0.462. The Labute approximate surface area is 215 Å². The minimum atomic E-state index is -0.566. The van der Waals surface area contributed by atoms with Gasteiger partial charge in [-0.3, -0.25) is 9.59 Å². The first-order valence-electron chi connectivity index (χ1n) is 12.4. The second-order valence-electron chi connectivity index (χ2n) is 8.93. The number of amides is 1. The summed E-state index contributed by atoms with van der Waals surface area (Å²) < 4.78 is 22.5. The van der Waals surface area contributed by atoms with E-state index in [9.17, 15) is 9.59 Å². The molecular formula is C30H29NO6. The maximum Gasteiger partial charge on any atom is 0.290 e. The lowest BCUT2D eigenvalue weighted by Gasteiger charge is -2.25. The topological polar surface area (TPSA) is 78.2 Å². The van der Waals surface area contributed by atoms with Crippen molar-refractivity contribution < 1.29 is 23.4 Å². The fourth-order valence-electron chi connectivity index (χ4n) is 4.80. The molecule has 7 heteroatoms. The molecule has 0 saturated heterocycles. The normalized spacial score (nSPS) is 14.6. The van der Waals surface area contributed by atoms with E-state index in [2.05, 4.69) is 6.92 Å². The van der Waals surface area contributed by atoms with Gasteiger partial charge in [0.25, 0.3) is 5.91 Å². The lowest BCUT2D eigenvalue weighted by molar-refractivity contribution is 0.0730. The van der Waals surface area contributed by atoms with Crippen LogP contribution in [0.25, 0.3) is 11.0 Å². The number of benzene rings is 3. The molecule has 3 aromatic carbocycles. The maximum absolute atomic E-state index is 13.7. The van der Waals surface area contributed by atoms with E-state index in [1.807, 2.05) is 42.5 Å². The van der Waals surface area contributed by atoms with Crippen LogP contribution in [0, 0.1) is 0 Å². The second-order valence-corrected chi connectivity index (χ2v) is 8.93. The molecule has 2 heterocycles. The van der Waals surface area contributed by atoms with Crippen molar-refractivity contribution in [3.8, 4) is 17.2 Å². The van der Waals surface area contributed by atoms with Gasteiger partial charge >= 0.3 is 0 Å². The number of fused-ring (bicyclic) bond motifs is 2. The summed E-state index contributed by atoms with van der Waals surface area (Å²) in [5.74, 6) is 1.82. The van der Waals surface area contributed by atoms with E-state index >= 15 is 0 Å². The van der Waals surface area contributed by atoms with Crippen LogP contribution in [0.3, 0.4) is 0 Å². The molecule has 37 heavy (non-hydrogen) atoms. The number of methoxy groups -OCH3 is 2. The Balaban J connectivity index is 1.54. The largest absolute Gasteiger partial charge is 0.494 e. The van der Waals surface area contributed by atoms with Crippen molar-refractivity contribution in [3.63, 3.8) is 0 Å². The van der Waals surface area contributed by atoms with Crippen molar-refractivity contribution in [2.24, 2.45) is 0 Å². The average Bonchev–Trinajstić information content (AvgIpc) is 3.22. The molecule has 0 radical (unpaired) electrons. The SMILES string of the molecule is CCCOc1ccc(C2c3c(oc4ccccc4c3=O)C(=O)N2CCc2ccc(OC)c(OC)c2)cc1. The van der Waals surface area contributed by atoms with E-state index < -0.39 is 6.04 Å². The van der Waals surface area contributed by atoms with E-state index in [0.29, 0.717) is 47.6 Å². The third kappa shape index (κ3) is 4.53. The van der Waals surface area contributed by atoms with Gasteiger partial charge in [-0.05, 0) is 60.4 Å². The van der Waals surface area contributed by atoms with Gasteiger partial charge in [0, 0.05) is 6.54 Å². The standard InChI is InChI=1S/C30H29NO6/c1-4-17-36-21-12-10-20(11-13-21)27-26-28(32)22-7-5-6-8-23(22)37-29(26)30(33)31(27)16-15-19-9-14-24(34-2)25(18-19)35-3/h5-14,18,27H,4,15-17H2,1-3H3. The molecule has 0 saturated carbocycles. The highest BCUT2D eigenvalue weighted by atomic mass is 16.5. The summed E-state index contributed by atoms with van der Waals surface area (Å²) in [6, 6.07) is 19.7. The van der Waals surface area contributed by atoms with Crippen molar-refractivity contribution >= 4 is 16.9 Å². The number of para-hydroxylation sites is 1. The molecule has 1 aromatic heterocycles. The van der Waals surface area contributed by atoms with Crippen molar-refractivity contribution in [1.29, 1.82) is 0 Å². The average molecular weight is 500 g/mol. The Hall–Kier alpha value is -4.26. The van der Waals surface area contributed by atoms with Crippen molar-refractivity contribution in [1.82, 2.24) is 4.90 Å².